The number of hydrogen-bond donors (Lipinski definition) is 6. The second kappa shape index (κ2) is 24.9. The second-order valence-electron chi connectivity index (χ2n) is 22.4. The van der Waals surface area contributed by atoms with E-state index in [-0.39, 0.29) is 58.8 Å². The van der Waals surface area contributed by atoms with Gasteiger partial charge >= 0.3 is 6.09 Å². The second-order valence-corrected chi connectivity index (χ2v) is 25.0. The lowest BCUT2D eigenvalue weighted by Crippen LogP contribution is -2.48. The van der Waals surface area contributed by atoms with Gasteiger partial charge in [0, 0.05) is 88.9 Å². The van der Waals surface area contributed by atoms with Gasteiger partial charge in [-0.2, -0.15) is 0 Å². The number of ether oxygens (including phenoxy) is 1. The van der Waals surface area contributed by atoms with E-state index in [1.54, 1.807) is 59.8 Å². The highest BCUT2D eigenvalue weighted by Gasteiger charge is 2.33. The van der Waals surface area contributed by atoms with Gasteiger partial charge in [-0.3, -0.25) is 9.59 Å². The zero-order valence-electron chi connectivity index (χ0n) is 45.4. The van der Waals surface area contributed by atoms with Crippen molar-refractivity contribution in [2.75, 3.05) is 36.8 Å². The first-order chi connectivity index (χ1) is 38.6. The first-order valence-corrected chi connectivity index (χ1v) is 30.1. The van der Waals surface area contributed by atoms with Crippen molar-refractivity contribution in [2.24, 2.45) is 11.8 Å². The molecule has 4 fully saturated rings. The zero-order valence-corrected chi connectivity index (χ0v) is 47.7. The molecule has 6 heterocycles. The Morgan fingerprint density at radius 1 is 0.650 bits per heavy atom. The molecule has 4 aliphatic rings. The number of aromatic nitrogens is 6. The fourth-order valence-corrected chi connectivity index (χ4v) is 13.2. The number of likely N-dealkylation sites (tertiary alicyclic amines) is 1. The number of rotatable bonds is 12. The number of benzene rings is 3. The molecule has 2 saturated heterocycles. The highest BCUT2D eigenvalue weighted by atomic mass is 35.5. The molecule has 3 amide bonds. The van der Waals surface area contributed by atoms with E-state index in [2.05, 4.69) is 47.6 Å². The molecule has 6 N–H and O–H groups in total. The van der Waals surface area contributed by atoms with Crippen molar-refractivity contribution in [3.05, 3.63) is 114 Å². The summed E-state index contributed by atoms with van der Waals surface area (Å²) in [4.78, 5) is 61.8. The van der Waals surface area contributed by atoms with Gasteiger partial charge in [0.1, 0.15) is 5.60 Å². The number of hydrogen-bond acceptors (Lipinski definition) is 13. The van der Waals surface area contributed by atoms with E-state index < -0.39 is 15.6 Å². The van der Waals surface area contributed by atoms with Crippen LogP contribution in [0.3, 0.4) is 0 Å². The summed E-state index contributed by atoms with van der Waals surface area (Å²) < 4.78 is 34.0. The monoisotopic (exact) mass is 1140 g/mol. The average molecular weight is 1150 g/mol. The molecule has 2 aliphatic carbocycles. The van der Waals surface area contributed by atoms with Crippen LogP contribution < -0.4 is 26.6 Å². The third-order valence-corrected chi connectivity index (χ3v) is 17.7. The fourth-order valence-electron chi connectivity index (χ4n) is 11.4. The third-order valence-electron chi connectivity index (χ3n) is 15.5. The smallest absolute Gasteiger partial charge is 0.410 e. The molecule has 80 heavy (non-hydrogen) atoms. The molecule has 7 aromatic rings. The summed E-state index contributed by atoms with van der Waals surface area (Å²) in [6, 6.07) is 24.1. The summed E-state index contributed by atoms with van der Waals surface area (Å²) in [5.74, 6) is 1.18. The van der Waals surface area contributed by atoms with Crippen molar-refractivity contribution in [3.8, 4) is 22.5 Å². The standard InChI is InChI=1S/C35H41ClN6O5S.C24H29ClN6O/c1-35(2,3)47-34(44)41-18-16-23(17-19-41)32(43)38-24-10-9-11-25(20-24)39-33-37-21-29(36)31(40-33)28-22-42(30-15-8-7-14-27(28)30)48(45,46)26-12-5-4-6-13-26;25-20-14-28-24(31-22(20)19-13-27-21-7-2-1-6-18(19)21)30-17-5-3-4-16(12-17)29-23(32)15-8-10-26-11-9-15/h4-8,12-15,21-25H,9-11,16-20H2,1-3H3,(H,38,43)(H,37,39,40);1-2,6-7,13-17,26-27H,3-5,8-12H2,(H,29,32)(H,28,30,31)/t24-,25+;16-,17+/m00/s1. The predicted molar refractivity (Wildman–Crippen MR) is 313 cm³/mol. The summed E-state index contributed by atoms with van der Waals surface area (Å²) in [5, 5.41) is 19.4. The van der Waals surface area contributed by atoms with Crippen molar-refractivity contribution >= 4 is 84.8 Å². The highest BCUT2D eigenvalue weighted by Crippen LogP contribution is 2.37. The molecule has 3 aromatic carbocycles. The van der Waals surface area contributed by atoms with Gasteiger partial charge in [-0.05, 0) is 135 Å². The van der Waals surface area contributed by atoms with Gasteiger partial charge in [-0.15, -0.1) is 0 Å². The van der Waals surface area contributed by atoms with Gasteiger partial charge in [0.15, 0.2) is 0 Å². The van der Waals surface area contributed by atoms with Crippen LogP contribution >= 0.6 is 23.2 Å². The molecule has 21 heteroatoms. The molecule has 422 valence electrons. The number of nitrogens with one attached hydrogen (secondary N) is 6. The zero-order chi connectivity index (χ0) is 56.0. The lowest BCUT2D eigenvalue weighted by atomic mass is 9.89. The topological polar surface area (TPSA) is 230 Å². The molecule has 2 aliphatic heterocycles. The van der Waals surface area contributed by atoms with E-state index in [1.807, 2.05) is 57.3 Å². The van der Waals surface area contributed by atoms with Crippen LogP contribution in [0.25, 0.3) is 44.3 Å². The molecule has 0 unspecified atom stereocenters. The van der Waals surface area contributed by atoms with Crippen LogP contribution in [0.4, 0.5) is 16.7 Å². The number of H-pyrrole nitrogens is 1. The average Bonchev–Trinajstić information content (AvgIpc) is 4.20. The van der Waals surface area contributed by atoms with Gasteiger partial charge in [-0.1, -0.05) is 77.8 Å². The number of halogens is 2. The molecular weight excluding hydrogens is 1080 g/mol. The number of aromatic amines is 1. The lowest BCUT2D eigenvalue weighted by molar-refractivity contribution is -0.127. The Hall–Kier alpha value is -6.80. The largest absolute Gasteiger partial charge is 0.444 e. The maximum atomic E-state index is 13.6. The van der Waals surface area contributed by atoms with E-state index in [0.717, 1.165) is 87.3 Å². The Kier molecular flexibility index (Phi) is 17.6. The molecule has 4 aromatic heterocycles. The number of anilines is 2. The van der Waals surface area contributed by atoms with Crippen molar-refractivity contribution < 1.29 is 27.5 Å². The van der Waals surface area contributed by atoms with E-state index in [1.165, 1.54) is 10.2 Å². The van der Waals surface area contributed by atoms with E-state index in [0.29, 0.717) is 82.1 Å². The molecule has 18 nitrogen and oxygen atoms in total. The van der Waals surface area contributed by atoms with Gasteiger partial charge in [0.25, 0.3) is 10.0 Å². The molecule has 0 spiro atoms. The van der Waals surface area contributed by atoms with Crippen LogP contribution in [0.1, 0.15) is 97.8 Å². The maximum Gasteiger partial charge on any atom is 0.410 e. The Balaban J connectivity index is 0.000000195. The molecule has 2 saturated carbocycles. The number of fused-ring (bicyclic) bond motifs is 2. The van der Waals surface area contributed by atoms with Crippen LogP contribution in [-0.2, 0) is 24.3 Å². The van der Waals surface area contributed by atoms with Crippen molar-refractivity contribution in [2.45, 2.75) is 132 Å². The lowest BCUT2D eigenvalue weighted by Gasteiger charge is -2.35. The molecule has 0 bridgehead atoms. The normalized spacial score (nSPS) is 20.3. The van der Waals surface area contributed by atoms with Crippen LogP contribution in [0.5, 0.6) is 0 Å². The SMILES string of the molecule is CC(C)(C)OC(=O)N1CCC(C(=O)N[C@H]2CCC[C@@H](Nc3ncc(Cl)c(-c4cn(S(=O)(=O)c5ccccc5)c5ccccc45)n3)C2)CC1.O=C(N[C@H]1CCC[C@@H](Nc2ncc(Cl)c(-c3c[nH]c4ccccc34)n2)C1)C1CCNCC1. The van der Waals surface area contributed by atoms with Crippen molar-refractivity contribution in [1.82, 2.24) is 49.7 Å². The minimum Gasteiger partial charge on any atom is -0.444 e. The summed E-state index contributed by atoms with van der Waals surface area (Å²) >= 11 is 13.1. The predicted octanol–water partition coefficient (Wildman–Crippen LogP) is 10.6. The number of carbonyl (C=O) groups is 3. The maximum absolute atomic E-state index is 13.6. The number of para-hydroxylation sites is 2. The van der Waals surface area contributed by atoms with Gasteiger partial charge in [0.05, 0.1) is 44.2 Å². The van der Waals surface area contributed by atoms with Crippen LogP contribution in [0.15, 0.2) is 109 Å². The Morgan fingerprint density at radius 3 is 1.77 bits per heavy atom. The Bertz CT molecular complexity index is 3430. The van der Waals surface area contributed by atoms with E-state index in [9.17, 15) is 22.8 Å². The highest BCUT2D eigenvalue weighted by molar-refractivity contribution is 7.90. The first kappa shape index (κ1) is 56.5. The first-order valence-electron chi connectivity index (χ1n) is 27.9. The van der Waals surface area contributed by atoms with Crippen molar-refractivity contribution in [3.63, 3.8) is 0 Å². The molecular formula is C59H70Cl2N12O6S. The Morgan fingerprint density at radius 2 is 1.18 bits per heavy atom. The molecule has 4 atom stereocenters. The Labute approximate surface area is 477 Å². The summed E-state index contributed by atoms with van der Waals surface area (Å²) in [6.45, 7) is 8.38. The van der Waals surface area contributed by atoms with Gasteiger partial charge < -0.3 is 41.2 Å². The minimum atomic E-state index is -3.88. The van der Waals surface area contributed by atoms with E-state index >= 15 is 0 Å². The number of carbonyl (C=O) groups excluding carboxylic acids is 3. The van der Waals surface area contributed by atoms with Crippen LogP contribution in [0, 0.1) is 11.8 Å². The minimum absolute atomic E-state index is 0.000532. The molecule has 11 rings (SSSR count). The fraction of sp³-hybridized carbons (Fsp3) is 0.441. The van der Waals surface area contributed by atoms with Crippen molar-refractivity contribution in [1.29, 1.82) is 0 Å². The summed E-state index contributed by atoms with van der Waals surface area (Å²) in [6.07, 6.45) is 16.8. The quantitative estimate of drug-likeness (QED) is 0.0670. The van der Waals surface area contributed by atoms with Crippen LogP contribution in [-0.4, -0.2) is 116 Å². The summed E-state index contributed by atoms with van der Waals surface area (Å²) in [7, 11) is -3.88. The van der Waals surface area contributed by atoms with Crippen LogP contribution in [0.2, 0.25) is 10.0 Å². The van der Waals surface area contributed by atoms with E-state index in [4.69, 9.17) is 37.9 Å². The van der Waals surface area contributed by atoms with Gasteiger partial charge in [0.2, 0.25) is 23.7 Å². The number of amides is 3. The summed E-state index contributed by atoms with van der Waals surface area (Å²) in [5.41, 5.74) is 3.69. The van der Waals surface area contributed by atoms with Gasteiger partial charge in [-0.25, -0.2) is 37.1 Å². The number of piperidine rings is 2. The number of nitrogens with zero attached hydrogens (tertiary/aromatic N) is 6. The third kappa shape index (κ3) is 13.5. The molecule has 0 radical (unpaired) electrons.